The largest absolute Gasteiger partial charge is 0.490 e. The maximum absolute atomic E-state index is 13.9. The number of fused-ring (bicyclic) bond motifs is 3. The number of pyridine rings is 1. The highest BCUT2D eigenvalue weighted by molar-refractivity contribution is 5.87. The van der Waals surface area contributed by atoms with E-state index in [9.17, 15) is 4.79 Å². The Morgan fingerprint density at radius 1 is 0.938 bits per heavy atom. The summed E-state index contributed by atoms with van der Waals surface area (Å²) in [6.07, 6.45) is 9.09. The molecule has 1 amide bonds. The van der Waals surface area contributed by atoms with Crippen molar-refractivity contribution in [3.63, 3.8) is 0 Å². The fourth-order valence-electron chi connectivity index (χ4n) is 8.09. The molecular formula is C37H48N8O3. The minimum atomic E-state index is -0.0721. The van der Waals surface area contributed by atoms with E-state index in [4.69, 9.17) is 14.5 Å². The summed E-state index contributed by atoms with van der Waals surface area (Å²) in [7, 11) is 2.25. The summed E-state index contributed by atoms with van der Waals surface area (Å²) in [5, 5.41) is 5.58. The number of anilines is 1. The molecule has 0 N–H and O–H groups in total. The number of nitrogens with zero attached hydrogens (tertiary/aromatic N) is 8. The van der Waals surface area contributed by atoms with Crippen LogP contribution in [0.5, 0.6) is 11.5 Å². The second-order valence-electron chi connectivity index (χ2n) is 13.3. The summed E-state index contributed by atoms with van der Waals surface area (Å²) < 4.78 is 13.9. The van der Waals surface area contributed by atoms with Crippen LogP contribution in [0.4, 0.5) is 5.82 Å². The molecule has 5 heterocycles. The topological polar surface area (TPSA) is 102 Å². The Morgan fingerprint density at radius 2 is 1.67 bits per heavy atom. The minimum Gasteiger partial charge on any atom is -0.490 e. The SMILES string of the molecule is CCOc1cc2c(cc1OCC)C1(CCC(C(=O)N3CCN(c4ncnc5c4cnn5Cc4cccc(CC)n4)CC3)CC1)N(C)CC2. The number of aromatic nitrogens is 5. The van der Waals surface area contributed by atoms with Crippen molar-refractivity contribution in [2.45, 2.75) is 71.4 Å². The molecule has 0 bridgehead atoms. The molecule has 1 saturated heterocycles. The van der Waals surface area contributed by atoms with Crippen LogP contribution in [0.3, 0.4) is 0 Å². The first kappa shape index (κ1) is 32.3. The summed E-state index contributed by atoms with van der Waals surface area (Å²) >= 11 is 0. The molecule has 11 nitrogen and oxygen atoms in total. The van der Waals surface area contributed by atoms with Gasteiger partial charge in [0.15, 0.2) is 17.1 Å². The molecule has 3 aliphatic rings. The fraction of sp³-hybridized carbons (Fsp3) is 0.541. The van der Waals surface area contributed by atoms with Gasteiger partial charge in [0.2, 0.25) is 5.91 Å². The van der Waals surface area contributed by atoms with Crippen LogP contribution in [0.1, 0.15) is 69.0 Å². The Bertz CT molecular complexity index is 1760. The normalized spacial score (nSPS) is 21.5. The molecule has 48 heavy (non-hydrogen) atoms. The van der Waals surface area contributed by atoms with Crippen LogP contribution in [-0.2, 0) is 29.7 Å². The van der Waals surface area contributed by atoms with Gasteiger partial charge in [-0.25, -0.2) is 14.6 Å². The van der Waals surface area contributed by atoms with Crippen LogP contribution >= 0.6 is 0 Å². The van der Waals surface area contributed by atoms with Crippen LogP contribution in [-0.4, -0.2) is 93.4 Å². The lowest BCUT2D eigenvalue weighted by Crippen LogP contribution is -2.54. The lowest BCUT2D eigenvalue weighted by atomic mass is 9.68. The van der Waals surface area contributed by atoms with Gasteiger partial charge in [-0.05, 0) is 94.8 Å². The summed E-state index contributed by atoms with van der Waals surface area (Å²) in [6, 6.07) is 10.6. The molecule has 1 aliphatic carbocycles. The Morgan fingerprint density at radius 3 is 2.40 bits per heavy atom. The van der Waals surface area contributed by atoms with E-state index >= 15 is 0 Å². The summed E-state index contributed by atoms with van der Waals surface area (Å²) in [4.78, 5) is 34.8. The Balaban J connectivity index is 1.00. The van der Waals surface area contributed by atoms with E-state index in [0.717, 1.165) is 97.9 Å². The molecule has 1 spiro atoms. The van der Waals surface area contributed by atoms with Gasteiger partial charge in [0.25, 0.3) is 0 Å². The van der Waals surface area contributed by atoms with E-state index in [0.29, 0.717) is 38.8 Å². The molecule has 0 atom stereocenters. The van der Waals surface area contributed by atoms with Crippen molar-refractivity contribution in [2.24, 2.45) is 5.92 Å². The van der Waals surface area contributed by atoms with Gasteiger partial charge in [0, 0.05) is 49.9 Å². The van der Waals surface area contributed by atoms with Gasteiger partial charge in [-0.1, -0.05) is 13.0 Å². The minimum absolute atomic E-state index is 0.0545. The number of carbonyl (C=O) groups is 1. The number of rotatable bonds is 9. The molecule has 2 aliphatic heterocycles. The summed E-state index contributed by atoms with van der Waals surface area (Å²) in [5.74, 6) is 2.90. The molecule has 7 rings (SSSR count). The molecule has 1 aromatic carbocycles. The standard InChI is InChI=1S/C37H48N8O3/c1-5-28-9-8-10-29(41-28)24-45-35-30(23-40-45)34(38-25-39-35)43-17-19-44(20-18-43)36(46)26-11-14-37(15-12-26)31-22-33(48-7-3)32(47-6-2)21-27(31)13-16-42(37)4/h8-10,21-23,25-26H,5-7,11-20,24H2,1-4H3. The number of ether oxygens (including phenoxy) is 2. The van der Waals surface area contributed by atoms with E-state index in [1.54, 1.807) is 6.33 Å². The van der Waals surface area contributed by atoms with E-state index in [-0.39, 0.29) is 11.5 Å². The van der Waals surface area contributed by atoms with Gasteiger partial charge in [-0.15, -0.1) is 0 Å². The van der Waals surface area contributed by atoms with Crippen LogP contribution in [0.15, 0.2) is 42.9 Å². The summed E-state index contributed by atoms with van der Waals surface area (Å²) in [6.45, 7) is 11.8. The van der Waals surface area contributed by atoms with Gasteiger partial charge in [0.1, 0.15) is 12.1 Å². The maximum atomic E-state index is 13.9. The van der Waals surface area contributed by atoms with Crippen molar-refractivity contribution in [1.82, 2.24) is 34.5 Å². The molecule has 0 radical (unpaired) electrons. The van der Waals surface area contributed by atoms with Gasteiger partial charge < -0.3 is 19.3 Å². The molecule has 3 aromatic heterocycles. The third-order valence-corrected chi connectivity index (χ3v) is 10.7. The monoisotopic (exact) mass is 652 g/mol. The van der Waals surface area contributed by atoms with Gasteiger partial charge in [0.05, 0.1) is 37.0 Å². The molecule has 11 heteroatoms. The van der Waals surface area contributed by atoms with Crippen molar-refractivity contribution in [1.29, 1.82) is 0 Å². The number of hydrogen-bond acceptors (Lipinski definition) is 9. The predicted molar refractivity (Wildman–Crippen MR) is 186 cm³/mol. The summed E-state index contributed by atoms with van der Waals surface area (Å²) in [5.41, 5.74) is 5.47. The second-order valence-corrected chi connectivity index (χ2v) is 13.3. The van der Waals surface area contributed by atoms with E-state index < -0.39 is 0 Å². The van der Waals surface area contributed by atoms with E-state index in [1.807, 2.05) is 42.9 Å². The first-order valence-corrected chi connectivity index (χ1v) is 17.7. The quantitative estimate of drug-likeness (QED) is 0.251. The van der Waals surface area contributed by atoms with E-state index in [2.05, 4.69) is 55.9 Å². The molecule has 0 unspecified atom stereocenters. The number of piperazine rings is 1. The molecule has 2 fully saturated rings. The zero-order valence-corrected chi connectivity index (χ0v) is 28.8. The van der Waals surface area contributed by atoms with Crippen LogP contribution in [0.2, 0.25) is 0 Å². The number of benzene rings is 1. The van der Waals surface area contributed by atoms with Crippen molar-refractivity contribution < 1.29 is 14.3 Å². The second kappa shape index (κ2) is 13.7. The maximum Gasteiger partial charge on any atom is 0.225 e. The average molecular weight is 653 g/mol. The highest BCUT2D eigenvalue weighted by atomic mass is 16.5. The number of carbonyl (C=O) groups excluding carboxylic acids is 1. The first-order chi connectivity index (χ1) is 23.4. The third-order valence-electron chi connectivity index (χ3n) is 10.7. The fourth-order valence-corrected chi connectivity index (χ4v) is 8.09. The van der Waals surface area contributed by atoms with Crippen molar-refractivity contribution in [2.75, 3.05) is 57.9 Å². The number of aryl methyl sites for hydroxylation is 1. The highest BCUT2D eigenvalue weighted by Gasteiger charge is 2.46. The number of hydrogen-bond donors (Lipinski definition) is 0. The lowest BCUT2D eigenvalue weighted by Gasteiger charge is -2.51. The Hall–Kier alpha value is -4.25. The lowest BCUT2D eigenvalue weighted by molar-refractivity contribution is -0.138. The van der Waals surface area contributed by atoms with Crippen molar-refractivity contribution >= 4 is 22.8 Å². The molecular weight excluding hydrogens is 604 g/mol. The van der Waals surface area contributed by atoms with Crippen molar-refractivity contribution in [3.8, 4) is 11.5 Å². The van der Waals surface area contributed by atoms with Crippen LogP contribution < -0.4 is 14.4 Å². The Kier molecular flexibility index (Phi) is 9.22. The average Bonchev–Trinajstić information content (AvgIpc) is 3.53. The Labute approximate surface area is 283 Å². The third kappa shape index (κ3) is 5.97. The molecule has 254 valence electrons. The smallest absolute Gasteiger partial charge is 0.225 e. The first-order valence-electron chi connectivity index (χ1n) is 17.7. The number of amides is 1. The van der Waals surface area contributed by atoms with Crippen LogP contribution in [0, 0.1) is 5.92 Å². The van der Waals surface area contributed by atoms with Crippen molar-refractivity contribution in [3.05, 3.63) is 65.4 Å². The van der Waals surface area contributed by atoms with Gasteiger partial charge in [-0.2, -0.15) is 5.10 Å². The highest BCUT2D eigenvalue weighted by Crippen LogP contribution is 2.49. The predicted octanol–water partition coefficient (Wildman–Crippen LogP) is 4.85. The molecule has 4 aromatic rings. The van der Waals surface area contributed by atoms with Gasteiger partial charge >= 0.3 is 0 Å². The zero-order chi connectivity index (χ0) is 33.3. The molecule has 1 saturated carbocycles. The van der Waals surface area contributed by atoms with Gasteiger partial charge in [-0.3, -0.25) is 14.7 Å². The van der Waals surface area contributed by atoms with Crippen LogP contribution in [0.25, 0.3) is 11.0 Å². The zero-order valence-electron chi connectivity index (χ0n) is 28.8. The van der Waals surface area contributed by atoms with E-state index in [1.165, 1.54) is 11.1 Å². The number of likely N-dealkylation sites (N-methyl/N-ethyl adjacent to an activating group) is 1.